The van der Waals surface area contributed by atoms with Crippen molar-refractivity contribution in [1.29, 1.82) is 0 Å². The van der Waals surface area contributed by atoms with Gasteiger partial charge in [-0.2, -0.15) is 4.99 Å². The van der Waals surface area contributed by atoms with Crippen molar-refractivity contribution >= 4 is 57.6 Å². The molecule has 2 aliphatic rings. The molecule has 0 N–H and O–H groups in total. The lowest BCUT2D eigenvalue weighted by molar-refractivity contribution is -0.120. The van der Waals surface area contributed by atoms with Crippen LogP contribution in [0.15, 0.2) is 40.3 Å². The second-order valence-electron chi connectivity index (χ2n) is 7.49. The van der Waals surface area contributed by atoms with Crippen molar-refractivity contribution < 1.29 is 14.3 Å². The average Bonchev–Trinajstić information content (AvgIpc) is 3.10. The summed E-state index contributed by atoms with van der Waals surface area (Å²) in [5.74, 6) is 2.22. The van der Waals surface area contributed by atoms with Gasteiger partial charge in [0.15, 0.2) is 16.7 Å². The van der Waals surface area contributed by atoms with Gasteiger partial charge < -0.3 is 9.47 Å². The third-order valence-electron chi connectivity index (χ3n) is 5.12. The lowest BCUT2D eigenvalue weighted by Gasteiger charge is -2.33. The van der Waals surface area contributed by atoms with E-state index in [1.54, 1.807) is 26.4 Å². The molecule has 0 saturated heterocycles. The van der Waals surface area contributed by atoms with E-state index in [4.69, 9.17) is 37.7 Å². The number of amidine groups is 2. The highest BCUT2D eigenvalue weighted by Gasteiger charge is 2.43. The Morgan fingerprint density at radius 1 is 1.06 bits per heavy atom. The SMILES string of the molecule is COc1cc2c(cc1OC)C1=NC(=O)C(C(C)C)N1C(SCc1ccc(Cl)c(Cl)c1)=N2. The number of fused-ring (bicyclic) bond motifs is 3. The Morgan fingerprint density at radius 3 is 2.42 bits per heavy atom. The number of hydrogen-bond donors (Lipinski definition) is 0. The number of ether oxygens (including phenoxy) is 2. The van der Waals surface area contributed by atoms with E-state index in [-0.39, 0.29) is 11.8 Å². The van der Waals surface area contributed by atoms with Crippen LogP contribution in [0.5, 0.6) is 11.5 Å². The standard InChI is InChI=1S/C22H21Cl2N3O3S/c1-11(2)19-21(28)26-20-13-8-17(29-3)18(30-4)9-16(13)25-22(27(19)20)31-10-12-5-6-14(23)15(24)7-12/h5-9,11,19H,10H2,1-4H3. The topological polar surface area (TPSA) is 63.5 Å². The van der Waals surface area contributed by atoms with Crippen LogP contribution in [-0.4, -0.2) is 42.1 Å². The Balaban J connectivity index is 1.76. The van der Waals surface area contributed by atoms with Crippen molar-refractivity contribution in [3.05, 3.63) is 51.5 Å². The summed E-state index contributed by atoms with van der Waals surface area (Å²) in [7, 11) is 3.15. The molecule has 0 radical (unpaired) electrons. The zero-order valence-corrected chi connectivity index (χ0v) is 19.8. The summed E-state index contributed by atoms with van der Waals surface area (Å²) in [5, 5.41) is 1.72. The van der Waals surface area contributed by atoms with Gasteiger partial charge in [-0.3, -0.25) is 9.69 Å². The van der Waals surface area contributed by atoms with Gasteiger partial charge >= 0.3 is 0 Å². The van der Waals surface area contributed by atoms with Crippen molar-refractivity contribution in [3.63, 3.8) is 0 Å². The molecule has 31 heavy (non-hydrogen) atoms. The van der Waals surface area contributed by atoms with E-state index >= 15 is 0 Å². The fourth-order valence-electron chi connectivity index (χ4n) is 3.63. The number of halogens is 2. The van der Waals surface area contributed by atoms with Crippen LogP contribution >= 0.6 is 35.0 Å². The predicted molar refractivity (Wildman–Crippen MR) is 126 cm³/mol. The Labute approximate surface area is 195 Å². The first-order chi connectivity index (χ1) is 14.8. The normalized spacial score (nSPS) is 17.3. The number of amides is 1. The molecule has 2 aliphatic heterocycles. The molecule has 4 rings (SSSR count). The maximum absolute atomic E-state index is 12.8. The molecule has 2 heterocycles. The van der Waals surface area contributed by atoms with Crippen LogP contribution in [0.25, 0.3) is 0 Å². The minimum Gasteiger partial charge on any atom is -0.493 e. The van der Waals surface area contributed by atoms with Crippen LogP contribution in [-0.2, 0) is 10.5 Å². The molecule has 1 amide bonds. The van der Waals surface area contributed by atoms with Gasteiger partial charge in [-0.25, -0.2) is 4.99 Å². The number of rotatable bonds is 5. The molecule has 0 bridgehead atoms. The van der Waals surface area contributed by atoms with Gasteiger partial charge in [0.1, 0.15) is 11.9 Å². The molecule has 0 aliphatic carbocycles. The van der Waals surface area contributed by atoms with Crippen molar-refractivity contribution in [2.24, 2.45) is 15.9 Å². The van der Waals surface area contributed by atoms with Crippen molar-refractivity contribution in [2.45, 2.75) is 25.6 Å². The van der Waals surface area contributed by atoms with E-state index in [0.29, 0.717) is 44.0 Å². The predicted octanol–water partition coefficient (Wildman–Crippen LogP) is 5.56. The van der Waals surface area contributed by atoms with Crippen molar-refractivity contribution in [2.75, 3.05) is 14.2 Å². The molecule has 0 aromatic heterocycles. The van der Waals surface area contributed by atoms with Gasteiger partial charge in [0.05, 0.1) is 30.0 Å². The Bertz CT molecular complexity index is 1120. The van der Waals surface area contributed by atoms with Crippen LogP contribution < -0.4 is 9.47 Å². The third kappa shape index (κ3) is 4.02. The minimum absolute atomic E-state index is 0.0613. The first-order valence-corrected chi connectivity index (χ1v) is 11.4. The summed E-state index contributed by atoms with van der Waals surface area (Å²) in [6, 6.07) is 8.76. The largest absolute Gasteiger partial charge is 0.493 e. The van der Waals surface area contributed by atoms with E-state index in [1.807, 2.05) is 36.9 Å². The third-order valence-corrected chi connectivity index (χ3v) is 6.89. The van der Waals surface area contributed by atoms with Crippen molar-refractivity contribution in [1.82, 2.24) is 4.90 Å². The lowest BCUT2D eigenvalue weighted by Crippen LogP contribution is -2.46. The second kappa shape index (κ2) is 8.73. The summed E-state index contributed by atoms with van der Waals surface area (Å²) in [6.07, 6.45) is 0. The number of aliphatic imine (C=N–C) groups is 2. The summed E-state index contributed by atoms with van der Waals surface area (Å²) in [6.45, 7) is 4.01. The highest BCUT2D eigenvalue weighted by atomic mass is 35.5. The molecule has 9 heteroatoms. The highest BCUT2D eigenvalue weighted by molar-refractivity contribution is 8.13. The number of thioether (sulfide) groups is 1. The number of nitrogens with zero attached hydrogens (tertiary/aromatic N) is 3. The van der Waals surface area contributed by atoms with E-state index in [2.05, 4.69) is 4.99 Å². The first kappa shape index (κ1) is 22.0. The molecular weight excluding hydrogens is 457 g/mol. The maximum atomic E-state index is 12.8. The van der Waals surface area contributed by atoms with Gasteiger partial charge in [0, 0.05) is 17.4 Å². The smallest absolute Gasteiger partial charge is 0.271 e. The molecule has 2 aromatic carbocycles. The molecule has 2 aromatic rings. The molecule has 162 valence electrons. The number of carbonyl (C=O) groups excluding carboxylic acids is 1. The monoisotopic (exact) mass is 477 g/mol. The zero-order chi connectivity index (χ0) is 22.3. The molecular formula is C22H21Cl2N3O3S. The molecule has 1 atom stereocenters. The first-order valence-electron chi connectivity index (χ1n) is 9.67. The number of hydrogen-bond acceptors (Lipinski definition) is 6. The zero-order valence-electron chi connectivity index (χ0n) is 17.5. The highest BCUT2D eigenvalue weighted by Crippen LogP contribution is 2.42. The van der Waals surface area contributed by atoms with E-state index in [1.165, 1.54) is 11.8 Å². The average molecular weight is 478 g/mol. The van der Waals surface area contributed by atoms with E-state index in [9.17, 15) is 4.79 Å². The number of carbonyl (C=O) groups is 1. The van der Waals surface area contributed by atoms with Crippen LogP contribution in [0.2, 0.25) is 10.0 Å². The molecule has 0 spiro atoms. The van der Waals surface area contributed by atoms with Crippen molar-refractivity contribution in [3.8, 4) is 11.5 Å². The lowest BCUT2D eigenvalue weighted by atomic mass is 10.0. The molecule has 0 fully saturated rings. The van der Waals surface area contributed by atoms with E-state index < -0.39 is 6.04 Å². The Kier molecular flexibility index (Phi) is 6.19. The number of benzene rings is 2. The van der Waals surface area contributed by atoms with Crippen LogP contribution in [0.1, 0.15) is 25.0 Å². The van der Waals surface area contributed by atoms with Gasteiger partial charge in [-0.1, -0.05) is 54.9 Å². The molecule has 0 saturated carbocycles. The minimum atomic E-state index is -0.406. The summed E-state index contributed by atoms with van der Waals surface area (Å²) >= 11 is 13.7. The Hall–Kier alpha value is -2.22. The maximum Gasteiger partial charge on any atom is 0.271 e. The van der Waals surface area contributed by atoms with Crippen LogP contribution in [0.3, 0.4) is 0 Å². The quantitative estimate of drug-likeness (QED) is 0.563. The summed E-state index contributed by atoms with van der Waals surface area (Å²) in [4.78, 5) is 24.0. The summed E-state index contributed by atoms with van der Waals surface area (Å²) < 4.78 is 10.9. The number of methoxy groups -OCH3 is 2. The van der Waals surface area contributed by atoms with Gasteiger partial charge in [-0.15, -0.1) is 0 Å². The molecule has 1 unspecified atom stereocenters. The van der Waals surface area contributed by atoms with E-state index in [0.717, 1.165) is 11.1 Å². The summed E-state index contributed by atoms with van der Waals surface area (Å²) in [5.41, 5.74) is 2.43. The second-order valence-corrected chi connectivity index (χ2v) is 9.25. The van der Waals surface area contributed by atoms with Crippen LogP contribution in [0.4, 0.5) is 5.69 Å². The Morgan fingerprint density at radius 2 is 1.77 bits per heavy atom. The van der Waals surface area contributed by atoms with Gasteiger partial charge in [0.25, 0.3) is 5.91 Å². The molecule has 6 nitrogen and oxygen atoms in total. The van der Waals surface area contributed by atoms with Gasteiger partial charge in [0.2, 0.25) is 0 Å². The fourth-order valence-corrected chi connectivity index (χ4v) is 4.92. The van der Waals surface area contributed by atoms with Gasteiger partial charge in [-0.05, 0) is 29.7 Å². The van der Waals surface area contributed by atoms with Crippen LogP contribution in [0, 0.1) is 5.92 Å². The fraction of sp³-hybridized carbons (Fsp3) is 0.318.